The summed E-state index contributed by atoms with van der Waals surface area (Å²) in [5, 5.41) is 13.6. The standard InChI is InChI=1S/C25H39NO8/c1-16-12-21(33-23(16)28)19(26-24(29)34-25(2,3)4)15-18(27)13-17-8-9-20(31-6)22(14-17)32-11-7-10-30-5/h8-9,14,16,18-19,21,27H,7,10-13,15H2,1-6H3,(H,26,29)/t16-,18+,19+,21?/m1/s1. The van der Waals surface area contributed by atoms with Gasteiger partial charge in [0.2, 0.25) is 0 Å². The van der Waals surface area contributed by atoms with Crippen molar-refractivity contribution in [3.63, 3.8) is 0 Å². The highest BCUT2D eigenvalue weighted by Crippen LogP contribution is 2.30. The van der Waals surface area contributed by atoms with Gasteiger partial charge in [0.05, 0.1) is 31.8 Å². The summed E-state index contributed by atoms with van der Waals surface area (Å²) in [5.74, 6) is 0.627. The van der Waals surface area contributed by atoms with Crippen LogP contribution in [0.3, 0.4) is 0 Å². The number of amides is 1. The molecule has 1 saturated heterocycles. The quantitative estimate of drug-likeness (QED) is 0.346. The van der Waals surface area contributed by atoms with Gasteiger partial charge in [0.1, 0.15) is 11.7 Å². The van der Waals surface area contributed by atoms with Crippen LogP contribution < -0.4 is 14.8 Å². The fourth-order valence-electron chi connectivity index (χ4n) is 3.76. The molecule has 0 saturated carbocycles. The average Bonchev–Trinajstić information content (AvgIpc) is 3.08. The summed E-state index contributed by atoms with van der Waals surface area (Å²) in [6.45, 7) is 8.17. The largest absolute Gasteiger partial charge is 0.493 e. The second-order valence-corrected chi connectivity index (χ2v) is 9.64. The Bertz CT molecular complexity index is 807. The van der Waals surface area contributed by atoms with Crippen molar-refractivity contribution in [3.05, 3.63) is 23.8 Å². The van der Waals surface area contributed by atoms with Crippen LogP contribution in [0, 0.1) is 5.92 Å². The molecular weight excluding hydrogens is 442 g/mol. The summed E-state index contributed by atoms with van der Waals surface area (Å²) in [6, 6.07) is 4.91. The second-order valence-electron chi connectivity index (χ2n) is 9.64. The molecule has 0 aliphatic carbocycles. The van der Waals surface area contributed by atoms with Gasteiger partial charge < -0.3 is 34.1 Å². The molecule has 0 bridgehead atoms. The first-order valence-corrected chi connectivity index (χ1v) is 11.7. The van der Waals surface area contributed by atoms with E-state index in [9.17, 15) is 14.7 Å². The summed E-state index contributed by atoms with van der Waals surface area (Å²) in [4.78, 5) is 24.3. The van der Waals surface area contributed by atoms with E-state index in [0.29, 0.717) is 37.6 Å². The summed E-state index contributed by atoms with van der Waals surface area (Å²) in [7, 11) is 3.21. The lowest BCUT2D eigenvalue weighted by Crippen LogP contribution is -2.47. The first-order valence-electron chi connectivity index (χ1n) is 11.7. The van der Waals surface area contributed by atoms with Crippen molar-refractivity contribution < 1.29 is 38.4 Å². The van der Waals surface area contributed by atoms with Gasteiger partial charge in [0.15, 0.2) is 11.5 Å². The molecule has 1 aliphatic heterocycles. The van der Waals surface area contributed by atoms with Gasteiger partial charge in [-0.3, -0.25) is 4.79 Å². The monoisotopic (exact) mass is 481 g/mol. The van der Waals surface area contributed by atoms with Crippen LogP contribution >= 0.6 is 0 Å². The molecule has 1 amide bonds. The highest BCUT2D eigenvalue weighted by atomic mass is 16.6. The number of hydrogen-bond acceptors (Lipinski definition) is 8. The smallest absolute Gasteiger partial charge is 0.408 e. The molecule has 4 atom stereocenters. The molecule has 34 heavy (non-hydrogen) atoms. The Morgan fingerprint density at radius 3 is 2.56 bits per heavy atom. The third-order valence-electron chi connectivity index (χ3n) is 5.38. The minimum atomic E-state index is -0.802. The van der Waals surface area contributed by atoms with Gasteiger partial charge in [-0.1, -0.05) is 13.0 Å². The maximum absolute atomic E-state index is 12.4. The van der Waals surface area contributed by atoms with Gasteiger partial charge in [0, 0.05) is 20.1 Å². The van der Waals surface area contributed by atoms with Gasteiger partial charge in [0.25, 0.3) is 0 Å². The van der Waals surface area contributed by atoms with Crippen LogP contribution in [0.5, 0.6) is 11.5 Å². The van der Waals surface area contributed by atoms with E-state index in [1.54, 1.807) is 48.0 Å². The van der Waals surface area contributed by atoms with Crippen LogP contribution in [0.4, 0.5) is 4.79 Å². The zero-order valence-corrected chi connectivity index (χ0v) is 21.1. The second kappa shape index (κ2) is 12.8. The summed E-state index contributed by atoms with van der Waals surface area (Å²) in [5.41, 5.74) is 0.179. The van der Waals surface area contributed by atoms with Gasteiger partial charge in [-0.2, -0.15) is 0 Å². The molecule has 2 rings (SSSR count). The molecule has 1 heterocycles. The Labute approximate surface area is 202 Å². The molecule has 1 fully saturated rings. The molecule has 1 unspecified atom stereocenters. The molecule has 9 heteroatoms. The number of cyclic esters (lactones) is 1. The average molecular weight is 482 g/mol. The third kappa shape index (κ3) is 9.02. The first-order chi connectivity index (χ1) is 16.0. The fraction of sp³-hybridized carbons (Fsp3) is 0.680. The molecule has 192 valence electrons. The third-order valence-corrected chi connectivity index (χ3v) is 5.38. The predicted molar refractivity (Wildman–Crippen MR) is 126 cm³/mol. The Balaban J connectivity index is 2.06. The van der Waals surface area contributed by atoms with Crippen LogP contribution in [0.15, 0.2) is 18.2 Å². The summed E-state index contributed by atoms with van der Waals surface area (Å²) < 4.78 is 27.1. The Kier molecular flexibility index (Phi) is 10.4. The number of hydrogen-bond donors (Lipinski definition) is 2. The lowest BCUT2D eigenvalue weighted by atomic mass is 9.95. The highest BCUT2D eigenvalue weighted by molar-refractivity contribution is 5.74. The molecular formula is C25H39NO8. The van der Waals surface area contributed by atoms with Gasteiger partial charge in [-0.15, -0.1) is 0 Å². The van der Waals surface area contributed by atoms with E-state index < -0.39 is 29.9 Å². The van der Waals surface area contributed by atoms with Crippen molar-refractivity contribution in [2.45, 2.75) is 77.2 Å². The number of aliphatic hydroxyl groups excluding tert-OH is 1. The summed E-state index contributed by atoms with van der Waals surface area (Å²) >= 11 is 0. The predicted octanol–water partition coefficient (Wildman–Crippen LogP) is 3.25. The van der Waals surface area contributed by atoms with E-state index in [1.165, 1.54) is 0 Å². The van der Waals surface area contributed by atoms with E-state index in [4.69, 9.17) is 23.7 Å². The molecule has 1 aliphatic rings. The lowest BCUT2D eigenvalue weighted by molar-refractivity contribution is -0.145. The molecule has 0 spiro atoms. The van der Waals surface area contributed by atoms with Crippen molar-refractivity contribution >= 4 is 12.1 Å². The molecule has 1 aromatic rings. The van der Waals surface area contributed by atoms with Crippen molar-refractivity contribution in [2.24, 2.45) is 5.92 Å². The lowest BCUT2D eigenvalue weighted by Gasteiger charge is -2.28. The van der Waals surface area contributed by atoms with Crippen molar-refractivity contribution in [1.29, 1.82) is 0 Å². The molecule has 0 aromatic heterocycles. The number of alkyl carbamates (subject to hydrolysis) is 1. The number of methoxy groups -OCH3 is 2. The van der Waals surface area contributed by atoms with Crippen LogP contribution in [-0.2, 0) is 25.4 Å². The number of esters is 1. The maximum atomic E-state index is 12.4. The maximum Gasteiger partial charge on any atom is 0.408 e. The van der Waals surface area contributed by atoms with E-state index >= 15 is 0 Å². The number of ether oxygens (including phenoxy) is 5. The molecule has 0 radical (unpaired) electrons. The van der Waals surface area contributed by atoms with Crippen LogP contribution in [0.1, 0.15) is 52.5 Å². The zero-order valence-electron chi connectivity index (χ0n) is 21.1. The number of rotatable bonds is 12. The van der Waals surface area contributed by atoms with Crippen LogP contribution in [-0.4, -0.2) is 68.5 Å². The van der Waals surface area contributed by atoms with Crippen molar-refractivity contribution in [3.8, 4) is 11.5 Å². The van der Waals surface area contributed by atoms with Crippen LogP contribution in [0.25, 0.3) is 0 Å². The number of nitrogens with one attached hydrogen (secondary N) is 1. The van der Waals surface area contributed by atoms with Gasteiger partial charge in [-0.25, -0.2) is 4.79 Å². The number of carbonyl (C=O) groups is 2. The first kappa shape index (κ1) is 27.7. The minimum Gasteiger partial charge on any atom is -0.493 e. The van der Waals surface area contributed by atoms with E-state index in [2.05, 4.69) is 5.32 Å². The van der Waals surface area contributed by atoms with E-state index in [0.717, 1.165) is 12.0 Å². The SMILES string of the molecule is COCCCOc1cc(C[C@H](O)C[C@H](NC(=O)OC(C)(C)C)C2C[C@@H](C)C(=O)O2)ccc1OC. The van der Waals surface area contributed by atoms with Crippen molar-refractivity contribution in [1.82, 2.24) is 5.32 Å². The normalized spacial score (nSPS) is 19.8. The van der Waals surface area contributed by atoms with E-state index in [-0.39, 0.29) is 18.3 Å². The van der Waals surface area contributed by atoms with Gasteiger partial charge in [-0.05, 0) is 57.7 Å². The number of carbonyl (C=O) groups excluding carboxylic acids is 2. The number of aliphatic hydroxyl groups is 1. The Morgan fingerprint density at radius 1 is 1.24 bits per heavy atom. The van der Waals surface area contributed by atoms with Gasteiger partial charge >= 0.3 is 12.1 Å². The van der Waals surface area contributed by atoms with Crippen molar-refractivity contribution in [2.75, 3.05) is 27.4 Å². The molecule has 9 nitrogen and oxygen atoms in total. The zero-order chi connectivity index (χ0) is 25.3. The Morgan fingerprint density at radius 2 is 1.97 bits per heavy atom. The topological polar surface area (TPSA) is 113 Å². The molecule has 2 N–H and O–H groups in total. The highest BCUT2D eigenvalue weighted by Gasteiger charge is 2.38. The molecule has 1 aromatic carbocycles. The minimum absolute atomic E-state index is 0.194. The fourth-order valence-corrected chi connectivity index (χ4v) is 3.76. The summed E-state index contributed by atoms with van der Waals surface area (Å²) in [6.07, 6.45) is -0.223. The van der Waals surface area contributed by atoms with E-state index in [1.807, 2.05) is 12.1 Å². The number of benzene rings is 1. The van der Waals surface area contributed by atoms with Crippen LogP contribution in [0.2, 0.25) is 0 Å². The Hall–Kier alpha value is -2.52.